The van der Waals surface area contributed by atoms with E-state index in [4.69, 9.17) is 18.9 Å². The molecule has 1 saturated heterocycles. The van der Waals surface area contributed by atoms with Crippen molar-refractivity contribution in [3.63, 3.8) is 0 Å². The van der Waals surface area contributed by atoms with Crippen LogP contribution in [-0.2, 0) is 31.0 Å². The third-order valence-corrected chi connectivity index (χ3v) is 10.8. The Morgan fingerprint density at radius 1 is 1.08 bits per heavy atom. The highest BCUT2D eigenvalue weighted by Gasteiger charge is 2.73. The number of methoxy groups -OCH3 is 3. The maximum atomic E-state index is 14.8. The van der Waals surface area contributed by atoms with E-state index in [0.717, 1.165) is 26.4 Å². The summed E-state index contributed by atoms with van der Waals surface area (Å²) in [5.41, 5.74) is -10.6. The molecule has 1 unspecified atom stereocenters. The molecular formula is C36H38N2O15. The molecule has 6 rings (SSSR count). The minimum Gasteiger partial charge on any atom is -0.507 e. The van der Waals surface area contributed by atoms with Crippen LogP contribution in [-0.4, -0.2) is 137 Å². The number of nitrogens with one attached hydrogen (secondary N) is 1. The van der Waals surface area contributed by atoms with E-state index in [0.29, 0.717) is 0 Å². The summed E-state index contributed by atoms with van der Waals surface area (Å²) in [5.74, 6) is -8.98. The van der Waals surface area contributed by atoms with Gasteiger partial charge in [-0.05, 0) is 36.6 Å². The quantitative estimate of drug-likeness (QED) is 0.138. The number of phenolic OH excluding ortho intramolecular Hbond substituents is 2. The summed E-state index contributed by atoms with van der Waals surface area (Å²) in [6.07, 6.45) is -4.55. The fourth-order valence-electron chi connectivity index (χ4n) is 8.28. The number of Topliss-reactive ketones (excluding diaryl/α,β-unsaturated/α-hetero) is 3. The van der Waals surface area contributed by atoms with E-state index in [9.17, 15) is 54.6 Å². The van der Waals surface area contributed by atoms with Gasteiger partial charge in [0.25, 0.3) is 0 Å². The first kappa shape index (κ1) is 37.9. The Bertz CT molecular complexity index is 2060. The molecule has 1 fully saturated rings. The number of aromatic hydroxyl groups is 2. The van der Waals surface area contributed by atoms with Crippen LogP contribution in [0.25, 0.3) is 0 Å². The van der Waals surface area contributed by atoms with Crippen LogP contribution in [0.5, 0.6) is 11.5 Å². The van der Waals surface area contributed by atoms with Crippen LogP contribution in [0, 0.1) is 12.8 Å². The van der Waals surface area contributed by atoms with Crippen LogP contribution in [0.2, 0.25) is 0 Å². The van der Waals surface area contributed by atoms with Gasteiger partial charge in [0.05, 0.1) is 54.8 Å². The van der Waals surface area contributed by atoms with Gasteiger partial charge in [-0.2, -0.15) is 0 Å². The number of ketones is 4. The van der Waals surface area contributed by atoms with Crippen molar-refractivity contribution in [3.05, 3.63) is 67.9 Å². The van der Waals surface area contributed by atoms with E-state index in [1.165, 1.54) is 27.3 Å². The monoisotopic (exact) mass is 738 g/mol. The summed E-state index contributed by atoms with van der Waals surface area (Å²) in [6, 6.07) is 0.822. The Morgan fingerprint density at radius 3 is 2.34 bits per heavy atom. The number of hydrogen-bond acceptors (Lipinski definition) is 17. The van der Waals surface area contributed by atoms with Crippen LogP contribution in [0.4, 0.5) is 0 Å². The summed E-state index contributed by atoms with van der Waals surface area (Å²) in [6.45, 7) is 2.40. The molecule has 0 saturated carbocycles. The second-order valence-corrected chi connectivity index (χ2v) is 13.3. The van der Waals surface area contributed by atoms with Crippen LogP contribution in [0.1, 0.15) is 81.0 Å². The molecule has 2 aromatic rings. The maximum Gasteiger partial charge on any atom is 0.341 e. The van der Waals surface area contributed by atoms with Gasteiger partial charge in [-0.1, -0.05) is 0 Å². The number of aliphatic hydroxyl groups excluding tert-OH is 3. The number of aliphatic hydroxyl groups is 4. The van der Waals surface area contributed by atoms with Crippen molar-refractivity contribution in [1.82, 2.24) is 5.32 Å². The zero-order valence-electron chi connectivity index (χ0n) is 29.4. The second-order valence-electron chi connectivity index (χ2n) is 13.3. The van der Waals surface area contributed by atoms with Crippen molar-refractivity contribution in [2.24, 2.45) is 10.9 Å². The van der Waals surface area contributed by atoms with E-state index >= 15 is 0 Å². The SMILES string of the molecule is CN=Cc1c(C)c(C(=O)OC)c(O)c2c1C[C@@H](O)[C@@]1(OC)C(=O)c3c(cc4c(c3O)C(=O)C=C(NC3O[C@@H](C)[C@H](OC)[C@@H](O)[C@H]3CO)C4=O)C(=O)[C@@]21O. The van der Waals surface area contributed by atoms with Crippen LogP contribution in [0.15, 0.2) is 22.8 Å². The van der Waals surface area contributed by atoms with Crippen LogP contribution < -0.4 is 5.32 Å². The number of rotatable bonds is 7. The molecule has 8 atom stereocenters. The number of fused-ring (bicyclic) bond motifs is 5. The molecule has 0 amide bonds. The van der Waals surface area contributed by atoms with Crippen molar-refractivity contribution in [2.45, 2.75) is 62.1 Å². The standard InChI is InChI=1S/C36H38N2O15/c1-12-17(10-37-3)14-8-21(41)36(52-6)32(47)24-16(31(46)35(36,49)25(14)29(45)22(12)34(48)51-5)7-15-23(28(24)44)20(40)9-19(26(15)42)38-33-18(11-39)27(43)30(50-4)13(2)53-33/h7,9-10,13,18,21,27,30,33,38-39,41,43-45,49H,8,11H2,1-6H3/t13-,18+,21+,27-,30-,33?,35-,36+/m0/s1. The van der Waals surface area contributed by atoms with Crippen LogP contribution >= 0.6 is 0 Å². The normalized spacial score (nSPS) is 30.7. The first-order valence-electron chi connectivity index (χ1n) is 16.4. The molecule has 0 spiro atoms. The zero-order chi connectivity index (χ0) is 39.1. The van der Waals surface area contributed by atoms with Crippen molar-refractivity contribution in [2.75, 3.05) is 35.0 Å². The predicted octanol–water partition coefficient (Wildman–Crippen LogP) is -0.608. The van der Waals surface area contributed by atoms with Crippen molar-refractivity contribution >= 4 is 35.3 Å². The number of ether oxygens (including phenoxy) is 4. The lowest BCUT2D eigenvalue weighted by molar-refractivity contribution is -0.214. The molecule has 4 aliphatic rings. The molecular weight excluding hydrogens is 700 g/mol. The van der Waals surface area contributed by atoms with E-state index in [-0.39, 0.29) is 16.7 Å². The van der Waals surface area contributed by atoms with Crippen LogP contribution in [0.3, 0.4) is 0 Å². The molecule has 17 nitrogen and oxygen atoms in total. The zero-order valence-corrected chi connectivity index (χ0v) is 29.4. The largest absolute Gasteiger partial charge is 0.507 e. The second kappa shape index (κ2) is 13.2. The molecule has 282 valence electrons. The van der Waals surface area contributed by atoms with Crippen molar-refractivity contribution < 1.29 is 73.6 Å². The number of aliphatic imine (C=N–C) groups is 1. The van der Waals surface area contributed by atoms with Gasteiger partial charge in [0.15, 0.2) is 17.0 Å². The molecule has 1 aliphatic heterocycles. The maximum absolute atomic E-state index is 14.8. The summed E-state index contributed by atoms with van der Waals surface area (Å²) in [4.78, 5) is 73.9. The average Bonchev–Trinajstić information content (AvgIpc) is 3.11. The summed E-state index contributed by atoms with van der Waals surface area (Å²) >= 11 is 0. The Labute approximate surface area is 301 Å². The fraction of sp³-hybridized carbons (Fsp3) is 0.444. The highest BCUT2D eigenvalue weighted by molar-refractivity contribution is 6.31. The number of esters is 1. The molecule has 3 aliphatic carbocycles. The van der Waals surface area contributed by atoms with Gasteiger partial charge in [0.2, 0.25) is 17.3 Å². The Hall–Kier alpha value is -4.88. The van der Waals surface area contributed by atoms with Crippen molar-refractivity contribution in [3.8, 4) is 11.5 Å². The molecule has 53 heavy (non-hydrogen) atoms. The Kier molecular flexibility index (Phi) is 9.43. The molecule has 2 aromatic carbocycles. The topological polar surface area (TPSA) is 268 Å². The first-order valence-corrected chi connectivity index (χ1v) is 16.4. The van der Waals surface area contributed by atoms with Gasteiger partial charge in [0, 0.05) is 56.7 Å². The number of benzene rings is 2. The number of nitrogens with zero attached hydrogens (tertiary/aromatic N) is 1. The summed E-state index contributed by atoms with van der Waals surface area (Å²) in [7, 11) is 4.67. The van der Waals surface area contributed by atoms with Gasteiger partial charge >= 0.3 is 5.97 Å². The van der Waals surface area contributed by atoms with Crippen molar-refractivity contribution in [1.29, 1.82) is 0 Å². The Balaban J connectivity index is 1.56. The van der Waals surface area contributed by atoms with Gasteiger partial charge in [-0.15, -0.1) is 0 Å². The van der Waals surface area contributed by atoms with E-state index in [1.54, 1.807) is 6.92 Å². The number of carbonyl (C=O) groups is 5. The molecule has 17 heteroatoms. The van der Waals surface area contributed by atoms with E-state index in [2.05, 4.69) is 10.3 Å². The molecule has 7 N–H and O–H groups in total. The fourth-order valence-corrected chi connectivity index (χ4v) is 8.28. The van der Waals surface area contributed by atoms with Gasteiger partial charge in [-0.3, -0.25) is 24.2 Å². The third-order valence-electron chi connectivity index (χ3n) is 10.8. The number of hydrogen-bond donors (Lipinski definition) is 7. The number of phenols is 2. The molecule has 1 heterocycles. The van der Waals surface area contributed by atoms with Gasteiger partial charge < -0.3 is 54.9 Å². The number of carbonyl (C=O) groups excluding carboxylic acids is 5. The minimum absolute atomic E-state index is 0.0635. The van der Waals surface area contributed by atoms with Gasteiger partial charge in [-0.25, -0.2) is 4.79 Å². The predicted molar refractivity (Wildman–Crippen MR) is 179 cm³/mol. The molecule has 0 bridgehead atoms. The Morgan fingerprint density at radius 2 is 1.75 bits per heavy atom. The smallest absolute Gasteiger partial charge is 0.341 e. The highest BCUT2D eigenvalue weighted by Crippen LogP contribution is 2.57. The molecule has 0 radical (unpaired) electrons. The highest BCUT2D eigenvalue weighted by atomic mass is 16.6. The molecule has 0 aromatic heterocycles. The number of allylic oxidation sites excluding steroid dienone is 2. The van der Waals surface area contributed by atoms with Gasteiger partial charge in [0.1, 0.15) is 29.4 Å². The lowest BCUT2D eigenvalue weighted by atomic mass is 9.56. The third kappa shape index (κ3) is 4.89. The summed E-state index contributed by atoms with van der Waals surface area (Å²) in [5, 5.41) is 71.1. The lowest BCUT2D eigenvalue weighted by Gasteiger charge is -2.53. The summed E-state index contributed by atoms with van der Waals surface area (Å²) < 4.78 is 21.5. The average molecular weight is 739 g/mol. The first-order chi connectivity index (χ1) is 25.0. The lowest BCUT2D eigenvalue weighted by Crippen LogP contribution is -2.73. The van der Waals surface area contributed by atoms with E-state index < -0.39 is 140 Å². The minimum atomic E-state index is -3.32. The van der Waals surface area contributed by atoms with E-state index in [1.807, 2.05) is 0 Å².